The van der Waals surface area contributed by atoms with Crippen LogP contribution in [-0.4, -0.2) is 37.6 Å². The number of hydrogen-bond donors (Lipinski definition) is 3. The van der Waals surface area contributed by atoms with Gasteiger partial charge in [0.15, 0.2) is 0 Å². The van der Waals surface area contributed by atoms with Crippen molar-refractivity contribution in [2.75, 3.05) is 37.4 Å². The fourth-order valence-electron chi connectivity index (χ4n) is 1.62. The van der Waals surface area contributed by atoms with Crippen molar-refractivity contribution in [1.82, 2.24) is 0 Å². The molecule has 0 saturated carbocycles. The number of aliphatic hydroxyl groups excluding tert-OH is 1. The number of benzene rings is 1. The summed E-state index contributed by atoms with van der Waals surface area (Å²) in [7, 11) is 0. The molecule has 0 radical (unpaired) electrons. The number of hydrogen-bond acceptors (Lipinski definition) is 5. The van der Waals surface area contributed by atoms with Crippen molar-refractivity contribution in [3.05, 3.63) is 18.2 Å². The van der Waals surface area contributed by atoms with Crippen LogP contribution in [0.1, 0.15) is 20.3 Å². The number of nitrogen functional groups attached to an aromatic ring is 1. The lowest BCUT2D eigenvalue weighted by Crippen LogP contribution is -2.11. The Morgan fingerprint density at radius 1 is 1.32 bits per heavy atom. The molecule has 0 amide bonds. The van der Waals surface area contributed by atoms with Gasteiger partial charge >= 0.3 is 0 Å². The molecular weight excluding hydrogens is 244 g/mol. The SMILES string of the molecule is CC(C)Oc1cccc(NCCCOCCO)c1N. The molecule has 1 aromatic carbocycles. The second-order valence-electron chi connectivity index (χ2n) is 4.50. The molecule has 108 valence electrons. The lowest BCUT2D eigenvalue weighted by Gasteiger charge is -2.15. The van der Waals surface area contributed by atoms with E-state index in [1.165, 1.54) is 0 Å². The molecule has 0 atom stereocenters. The van der Waals surface area contributed by atoms with Crippen molar-refractivity contribution in [3.63, 3.8) is 0 Å². The second kappa shape index (κ2) is 8.61. The quantitative estimate of drug-likeness (QED) is 0.471. The topological polar surface area (TPSA) is 76.7 Å². The van der Waals surface area contributed by atoms with E-state index >= 15 is 0 Å². The van der Waals surface area contributed by atoms with E-state index in [2.05, 4.69) is 5.32 Å². The van der Waals surface area contributed by atoms with Crippen LogP contribution < -0.4 is 15.8 Å². The summed E-state index contributed by atoms with van der Waals surface area (Å²) >= 11 is 0. The zero-order chi connectivity index (χ0) is 14.1. The Morgan fingerprint density at radius 2 is 2.11 bits per heavy atom. The van der Waals surface area contributed by atoms with Gasteiger partial charge in [-0.25, -0.2) is 0 Å². The van der Waals surface area contributed by atoms with E-state index in [1.807, 2.05) is 32.0 Å². The van der Waals surface area contributed by atoms with Gasteiger partial charge in [0.25, 0.3) is 0 Å². The molecular formula is C14H24N2O3. The van der Waals surface area contributed by atoms with Crippen LogP contribution in [0.5, 0.6) is 5.75 Å². The van der Waals surface area contributed by atoms with Gasteiger partial charge in [-0.3, -0.25) is 0 Å². The zero-order valence-corrected chi connectivity index (χ0v) is 11.7. The van der Waals surface area contributed by atoms with Gasteiger partial charge in [0.1, 0.15) is 5.75 Å². The fraction of sp³-hybridized carbons (Fsp3) is 0.571. The highest BCUT2D eigenvalue weighted by Gasteiger charge is 2.06. The molecule has 0 saturated heterocycles. The minimum atomic E-state index is 0.0644. The molecule has 0 aliphatic carbocycles. The third-order valence-electron chi connectivity index (χ3n) is 2.45. The standard InChI is InChI=1S/C14H24N2O3/c1-11(2)19-13-6-3-5-12(14(13)15)16-7-4-9-18-10-8-17/h3,5-6,11,16-17H,4,7-10,15H2,1-2H3. The van der Waals surface area contributed by atoms with E-state index in [1.54, 1.807) is 0 Å². The summed E-state index contributed by atoms with van der Waals surface area (Å²) in [5, 5.41) is 11.8. The van der Waals surface area contributed by atoms with Crippen molar-refractivity contribution < 1.29 is 14.6 Å². The molecule has 4 N–H and O–H groups in total. The van der Waals surface area contributed by atoms with Crippen molar-refractivity contribution in [2.45, 2.75) is 26.4 Å². The zero-order valence-electron chi connectivity index (χ0n) is 11.7. The van der Waals surface area contributed by atoms with E-state index in [9.17, 15) is 0 Å². The van der Waals surface area contributed by atoms with Gasteiger partial charge in [-0.05, 0) is 32.4 Å². The van der Waals surface area contributed by atoms with Gasteiger partial charge in [0, 0.05) is 13.2 Å². The maximum atomic E-state index is 8.57. The summed E-state index contributed by atoms with van der Waals surface area (Å²) in [6.45, 7) is 5.78. The Bertz CT molecular complexity index is 370. The van der Waals surface area contributed by atoms with E-state index in [4.69, 9.17) is 20.3 Å². The molecule has 0 aromatic heterocycles. The van der Waals surface area contributed by atoms with Gasteiger partial charge in [0.05, 0.1) is 30.7 Å². The van der Waals surface area contributed by atoms with E-state index < -0.39 is 0 Å². The highest BCUT2D eigenvalue weighted by molar-refractivity contribution is 5.72. The minimum absolute atomic E-state index is 0.0644. The van der Waals surface area contributed by atoms with E-state index in [0.29, 0.717) is 24.7 Å². The first-order chi connectivity index (χ1) is 9.15. The average molecular weight is 268 g/mol. The Labute approximate surface area is 114 Å². The third-order valence-corrected chi connectivity index (χ3v) is 2.45. The second-order valence-corrected chi connectivity index (χ2v) is 4.50. The first-order valence-corrected chi connectivity index (χ1v) is 6.62. The molecule has 5 nitrogen and oxygen atoms in total. The molecule has 1 aromatic rings. The Balaban J connectivity index is 2.41. The van der Waals surface area contributed by atoms with Crippen LogP contribution in [-0.2, 0) is 4.74 Å². The number of aliphatic hydroxyl groups is 1. The molecule has 0 unspecified atom stereocenters. The average Bonchev–Trinajstić information content (AvgIpc) is 2.37. The number of nitrogens with one attached hydrogen (secondary N) is 1. The summed E-state index contributed by atoms with van der Waals surface area (Å²) in [6.07, 6.45) is 0.957. The van der Waals surface area contributed by atoms with Gasteiger partial charge in [0.2, 0.25) is 0 Å². The number of rotatable bonds is 9. The van der Waals surface area contributed by atoms with Crippen LogP contribution >= 0.6 is 0 Å². The normalized spacial score (nSPS) is 10.7. The van der Waals surface area contributed by atoms with Crippen molar-refractivity contribution in [2.24, 2.45) is 0 Å². The van der Waals surface area contributed by atoms with Crippen LogP contribution in [0, 0.1) is 0 Å². The fourth-order valence-corrected chi connectivity index (χ4v) is 1.62. The van der Waals surface area contributed by atoms with Gasteiger partial charge < -0.3 is 25.6 Å². The maximum absolute atomic E-state index is 8.57. The first kappa shape index (κ1) is 15.6. The molecule has 0 fully saturated rings. The van der Waals surface area contributed by atoms with Crippen LogP contribution in [0.15, 0.2) is 18.2 Å². The maximum Gasteiger partial charge on any atom is 0.144 e. The van der Waals surface area contributed by atoms with Gasteiger partial charge in [-0.2, -0.15) is 0 Å². The van der Waals surface area contributed by atoms with E-state index in [0.717, 1.165) is 18.7 Å². The lowest BCUT2D eigenvalue weighted by atomic mass is 10.2. The Morgan fingerprint density at radius 3 is 2.79 bits per heavy atom. The van der Waals surface area contributed by atoms with Crippen molar-refractivity contribution >= 4 is 11.4 Å². The van der Waals surface area contributed by atoms with Crippen LogP contribution in [0.25, 0.3) is 0 Å². The van der Waals surface area contributed by atoms with Crippen molar-refractivity contribution in [3.8, 4) is 5.75 Å². The number of anilines is 2. The summed E-state index contributed by atoms with van der Waals surface area (Å²) in [6, 6.07) is 5.71. The minimum Gasteiger partial charge on any atom is -0.489 e. The van der Waals surface area contributed by atoms with Crippen LogP contribution in [0.2, 0.25) is 0 Å². The highest BCUT2D eigenvalue weighted by atomic mass is 16.5. The number of para-hydroxylation sites is 1. The van der Waals surface area contributed by atoms with E-state index in [-0.39, 0.29) is 12.7 Å². The molecule has 0 heterocycles. The Kier molecular flexibility index (Phi) is 7.07. The Hall–Kier alpha value is -1.46. The lowest BCUT2D eigenvalue weighted by molar-refractivity contribution is 0.0922. The number of ether oxygens (including phenoxy) is 2. The predicted molar refractivity (Wildman–Crippen MR) is 77.6 cm³/mol. The van der Waals surface area contributed by atoms with Gasteiger partial charge in [-0.1, -0.05) is 6.07 Å². The summed E-state index contributed by atoms with van der Waals surface area (Å²) in [5.41, 5.74) is 7.55. The smallest absolute Gasteiger partial charge is 0.144 e. The van der Waals surface area contributed by atoms with Crippen molar-refractivity contribution in [1.29, 1.82) is 0 Å². The molecule has 5 heteroatoms. The van der Waals surface area contributed by atoms with Crippen LogP contribution in [0.4, 0.5) is 11.4 Å². The van der Waals surface area contributed by atoms with Gasteiger partial charge in [-0.15, -0.1) is 0 Å². The third kappa shape index (κ3) is 5.81. The molecule has 0 aliphatic rings. The number of nitrogens with two attached hydrogens (primary N) is 1. The molecule has 1 rings (SSSR count). The predicted octanol–water partition coefficient (Wildman–Crippen LogP) is 1.87. The molecule has 19 heavy (non-hydrogen) atoms. The molecule has 0 bridgehead atoms. The van der Waals surface area contributed by atoms with Crippen LogP contribution in [0.3, 0.4) is 0 Å². The summed E-state index contributed by atoms with van der Waals surface area (Å²) in [4.78, 5) is 0. The summed E-state index contributed by atoms with van der Waals surface area (Å²) < 4.78 is 10.8. The first-order valence-electron chi connectivity index (χ1n) is 6.62. The highest BCUT2D eigenvalue weighted by Crippen LogP contribution is 2.29. The molecule has 0 spiro atoms. The monoisotopic (exact) mass is 268 g/mol. The summed E-state index contributed by atoms with van der Waals surface area (Å²) in [5.74, 6) is 0.705. The largest absolute Gasteiger partial charge is 0.489 e. The molecule has 0 aliphatic heterocycles.